The fraction of sp³-hybridized carbons (Fsp3) is 0.278. The van der Waals surface area contributed by atoms with Crippen LogP contribution < -0.4 is 9.64 Å². The predicted molar refractivity (Wildman–Crippen MR) is 97.8 cm³/mol. The van der Waals surface area contributed by atoms with Gasteiger partial charge in [-0.05, 0) is 71.5 Å². The first-order valence-corrected chi connectivity index (χ1v) is 8.58. The third kappa shape index (κ3) is 3.29. The highest BCUT2D eigenvalue weighted by Gasteiger charge is 2.54. The van der Waals surface area contributed by atoms with E-state index in [9.17, 15) is 4.79 Å². The summed E-state index contributed by atoms with van der Waals surface area (Å²) in [6, 6.07) is 15.7. The second-order valence-electron chi connectivity index (χ2n) is 5.30. The van der Waals surface area contributed by atoms with Gasteiger partial charge in [0.1, 0.15) is 5.75 Å². The first kappa shape index (κ1) is 16.1. The third-order valence-corrected chi connectivity index (χ3v) is 4.57. The van der Waals surface area contributed by atoms with Gasteiger partial charge in [0.25, 0.3) is 0 Å². The van der Waals surface area contributed by atoms with Crippen molar-refractivity contribution in [3.63, 3.8) is 0 Å². The van der Waals surface area contributed by atoms with Crippen LogP contribution in [0.4, 0.5) is 5.69 Å². The van der Waals surface area contributed by atoms with Gasteiger partial charge in [-0.1, -0.05) is 12.1 Å². The molecule has 0 N–H and O–H groups in total. The zero-order valence-corrected chi connectivity index (χ0v) is 15.2. The van der Waals surface area contributed by atoms with Crippen LogP contribution >= 0.6 is 22.6 Å². The molecule has 0 unspecified atom stereocenters. The Morgan fingerprint density at radius 3 is 2.57 bits per heavy atom. The van der Waals surface area contributed by atoms with Gasteiger partial charge < -0.3 is 14.4 Å². The molecule has 0 spiro atoms. The molecule has 23 heavy (non-hydrogen) atoms. The van der Waals surface area contributed by atoms with Crippen LogP contribution in [0.5, 0.6) is 5.75 Å². The lowest BCUT2D eigenvalue weighted by Crippen LogP contribution is -2.15. The topological polar surface area (TPSA) is 38.5 Å². The van der Waals surface area contributed by atoms with E-state index >= 15 is 0 Å². The van der Waals surface area contributed by atoms with Gasteiger partial charge in [0.2, 0.25) is 0 Å². The van der Waals surface area contributed by atoms with E-state index in [-0.39, 0.29) is 18.1 Å². The second-order valence-corrected chi connectivity index (χ2v) is 6.55. The maximum atomic E-state index is 12.3. The number of anilines is 1. The van der Waals surface area contributed by atoms with Gasteiger partial charge in [0.05, 0.1) is 19.8 Å². The van der Waals surface area contributed by atoms with Crippen LogP contribution in [-0.2, 0) is 9.53 Å². The standard InChI is InChI=1S/C18H18INO3/c1-3-23-18(21)17-16(12-5-4-6-13(19)11-12)20(17)14-7-9-15(22-2)10-8-14/h4-11,16-17H,3H2,1-2H3/t16-,17-,20?/m1/s1. The molecule has 1 aliphatic heterocycles. The molecule has 1 heterocycles. The molecule has 0 aromatic heterocycles. The average molecular weight is 423 g/mol. The summed E-state index contributed by atoms with van der Waals surface area (Å²) in [6.45, 7) is 2.23. The number of hydrogen-bond donors (Lipinski definition) is 0. The molecule has 120 valence electrons. The molecule has 0 saturated carbocycles. The number of ether oxygens (including phenoxy) is 2. The average Bonchev–Trinajstić information content (AvgIpc) is 3.31. The van der Waals surface area contributed by atoms with Gasteiger partial charge in [-0.2, -0.15) is 0 Å². The van der Waals surface area contributed by atoms with E-state index in [0.29, 0.717) is 6.61 Å². The van der Waals surface area contributed by atoms with Crippen molar-refractivity contribution in [3.8, 4) is 5.75 Å². The van der Waals surface area contributed by atoms with Crippen LogP contribution in [0.25, 0.3) is 0 Å². The van der Waals surface area contributed by atoms with E-state index < -0.39 is 0 Å². The summed E-state index contributed by atoms with van der Waals surface area (Å²) < 4.78 is 11.6. The SMILES string of the molecule is CCOC(=O)[C@H]1[C@@H](c2cccc(I)c2)N1c1ccc(OC)cc1. The Hall–Kier alpha value is -1.76. The number of carbonyl (C=O) groups excluding carboxylic acids is 1. The maximum Gasteiger partial charge on any atom is 0.331 e. The highest BCUT2D eigenvalue weighted by Crippen LogP contribution is 2.48. The van der Waals surface area contributed by atoms with Crippen molar-refractivity contribution in [1.82, 2.24) is 0 Å². The zero-order chi connectivity index (χ0) is 16.4. The van der Waals surface area contributed by atoms with Gasteiger partial charge in [-0.25, -0.2) is 4.79 Å². The van der Waals surface area contributed by atoms with Gasteiger partial charge in [-0.15, -0.1) is 0 Å². The fourth-order valence-corrected chi connectivity index (χ4v) is 3.38. The number of rotatable bonds is 5. The Labute approximate surface area is 149 Å². The quantitative estimate of drug-likeness (QED) is 0.417. The molecule has 0 amide bonds. The van der Waals surface area contributed by atoms with Crippen molar-refractivity contribution < 1.29 is 14.3 Å². The van der Waals surface area contributed by atoms with E-state index in [1.54, 1.807) is 7.11 Å². The highest BCUT2D eigenvalue weighted by atomic mass is 127. The molecule has 2 atom stereocenters. The van der Waals surface area contributed by atoms with Crippen molar-refractivity contribution in [1.29, 1.82) is 0 Å². The molecule has 0 aliphatic carbocycles. The number of carbonyl (C=O) groups is 1. The minimum atomic E-state index is -0.262. The minimum absolute atomic E-state index is 0.0251. The van der Waals surface area contributed by atoms with Crippen molar-refractivity contribution in [2.24, 2.45) is 0 Å². The summed E-state index contributed by atoms with van der Waals surface area (Å²) in [5, 5.41) is 0. The third-order valence-electron chi connectivity index (χ3n) is 3.90. The van der Waals surface area contributed by atoms with Crippen LogP contribution in [0.2, 0.25) is 0 Å². The summed E-state index contributed by atoms with van der Waals surface area (Å²) in [6.07, 6.45) is 0. The Kier molecular flexibility index (Phi) is 4.75. The van der Waals surface area contributed by atoms with E-state index in [4.69, 9.17) is 9.47 Å². The van der Waals surface area contributed by atoms with Gasteiger partial charge >= 0.3 is 5.97 Å². The van der Waals surface area contributed by atoms with Crippen LogP contribution in [0.15, 0.2) is 48.5 Å². The summed E-state index contributed by atoms with van der Waals surface area (Å²) in [5.41, 5.74) is 2.12. The lowest BCUT2D eigenvalue weighted by atomic mass is 10.1. The second kappa shape index (κ2) is 6.78. The number of esters is 1. The Morgan fingerprint density at radius 1 is 1.22 bits per heavy atom. The molecular weight excluding hydrogens is 405 g/mol. The Balaban J connectivity index is 1.90. The van der Waals surface area contributed by atoms with Crippen molar-refractivity contribution in [2.45, 2.75) is 19.0 Å². The predicted octanol–water partition coefficient (Wildman–Crippen LogP) is 3.79. The zero-order valence-electron chi connectivity index (χ0n) is 13.0. The van der Waals surface area contributed by atoms with Crippen LogP contribution in [0.1, 0.15) is 18.5 Å². The number of nitrogens with zero attached hydrogens (tertiary/aromatic N) is 1. The Bertz CT molecular complexity index is 702. The summed E-state index contributed by atoms with van der Waals surface area (Å²) >= 11 is 2.29. The summed E-state index contributed by atoms with van der Waals surface area (Å²) in [7, 11) is 1.64. The first-order valence-electron chi connectivity index (χ1n) is 7.50. The van der Waals surface area contributed by atoms with E-state index in [1.165, 1.54) is 0 Å². The molecule has 2 aromatic rings. The van der Waals surface area contributed by atoms with Crippen LogP contribution in [-0.4, -0.2) is 25.7 Å². The lowest BCUT2D eigenvalue weighted by molar-refractivity contribution is -0.142. The normalized spacial score (nSPS) is 19.3. The number of methoxy groups -OCH3 is 1. The van der Waals surface area contributed by atoms with Crippen molar-refractivity contribution in [3.05, 3.63) is 57.7 Å². The number of halogens is 1. The van der Waals surface area contributed by atoms with Crippen LogP contribution in [0.3, 0.4) is 0 Å². The fourth-order valence-electron chi connectivity index (χ4n) is 2.81. The van der Waals surface area contributed by atoms with Crippen molar-refractivity contribution >= 4 is 34.2 Å². The lowest BCUT2D eigenvalue weighted by Gasteiger charge is -2.07. The highest BCUT2D eigenvalue weighted by molar-refractivity contribution is 14.1. The van der Waals surface area contributed by atoms with E-state index in [1.807, 2.05) is 43.3 Å². The molecule has 5 heteroatoms. The molecule has 1 fully saturated rings. The van der Waals surface area contributed by atoms with Crippen molar-refractivity contribution in [2.75, 3.05) is 18.6 Å². The van der Waals surface area contributed by atoms with Gasteiger partial charge in [0.15, 0.2) is 6.04 Å². The molecule has 0 radical (unpaired) electrons. The summed E-state index contributed by atoms with van der Waals surface area (Å²) in [4.78, 5) is 14.4. The van der Waals surface area contributed by atoms with E-state index in [0.717, 1.165) is 20.6 Å². The molecule has 4 nitrogen and oxygen atoms in total. The van der Waals surface area contributed by atoms with Gasteiger partial charge in [0, 0.05) is 9.26 Å². The number of benzene rings is 2. The van der Waals surface area contributed by atoms with Gasteiger partial charge in [-0.3, -0.25) is 0 Å². The molecule has 2 aromatic carbocycles. The summed E-state index contributed by atoms with van der Waals surface area (Å²) in [5.74, 6) is 0.626. The molecule has 1 aliphatic rings. The first-order chi connectivity index (χ1) is 11.2. The minimum Gasteiger partial charge on any atom is -0.497 e. The maximum absolute atomic E-state index is 12.3. The largest absolute Gasteiger partial charge is 0.497 e. The van der Waals surface area contributed by atoms with Crippen LogP contribution in [0, 0.1) is 3.57 Å². The van der Waals surface area contributed by atoms with E-state index in [2.05, 4.69) is 39.6 Å². The molecule has 1 saturated heterocycles. The Morgan fingerprint density at radius 2 is 1.96 bits per heavy atom. The molecule has 3 rings (SSSR count). The molecular formula is C18H18INO3. The number of hydrogen-bond acceptors (Lipinski definition) is 4. The monoisotopic (exact) mass is 423 g/mol. The molecule has 0 bridgehead atoms. The smallest absolute Gasteiger partial charge is 0.331 e.